The molecule has 174 valence electrons. The van der Waals surface area contributed by atoms with Gasteiger partial charge in [-0.3, -0.25) is 9.59 Å². The van der Waals surface area contributed by atoms with Crippen LogP contribution in [-0.2, 0) is 14.3 Å². The van der Waals surface area contributed by atoms with Gasteiger partial charge in [0.25, 0.3) is 0 Å². The van der Waals surface area contributed by atoms with E-state index in [1.165, 1.54) is 0 Å². The molecular formula is C26H30N2O5. The van der Waals surface area contributed by atoms with E-state index >= 15 is 0 Å². The molecule has 0 unspecified atom stereocenters. The number of carboxylic acid groups (broad SMARTS) is 1. The molecule has 0 saturated heterocycles. The van der Waals surface area contributed by atoms with Crippen LogP contribution in [0.4, 0.5) is 4.79 Å². The smallest absolute Gasteiger partial charge is 0.407 e. The molecule has 7 heteroatoms. The van der Waals surface area contributed by atoms with E-state index in [0.717, 1.165) is 28.7 Å². The Labute approximate surface area is 193 Å². The molecular weight excluding hydrogens is 420 g/mol. The second-order valence-electron chi connectivity index (χ2n) is 9.03. The van der Waals surface area contributed by atoms with Gasteiger partial charge in [0.2, 0.25) is 5.91 Å². The Morgan fingerprint density at radius 3 is 2.18 bits per heavy atom. The molecule has 2 aromatic carbocycles. The maximum atomic E-state index is 12.5. The van der Waals surface area contributed by atoms with Gasteiger partial charge in [-0.25, -0.2) is 4.79 Å². The van der Waals surface area contributed by atoms with Crippen LogP contribution in [0.15, 0.2) is 48.5 Å². The van der Waals surface area contributed by atoms with E-state index in [1.54, 1.807) is 0 Å². The third kappa shape index (κ3) is 5.02. The summed E-state index contributed by atoms with van der Waals surface area (Å²) in [6.45, 7) is 2.10. The summed E-state index contributed by atoms with van der Waals surface area (Å²) in [5.41, 5.74) is 3.96. The number of rotatable bonds is 9. The highest BCUT2D eigenvalue weighted by Crippen LogP contribution is 2.44. The molecule has 0 radical (unpaired) electrons. The second kappa shape index (κ2) is 9.65. The first-order valence-corrected chi connectivity index (χ1v) is 11.5. The van der Waals surface area contributed by atoms with E-state index in [2.05, 4.69) is 34.9 Å². The van der Waals surface area contributed by atoms with Crippen LogP contribution in [0.3, 0.4) is 0 Å². The summed E-state index contributed by atoms with van der Waals surface area (Å²) in [7, 11) is 0. The molecule has 2 amide bonds. The van der Waals surface area contributed by atoms with Gasteiger partial charge in [-0.1, -0.05) is 55.5 Å². The Morgan fingerprint density at radius 1 is 1.06 bits per heavy atom. The third-order valence-electron chi connectivity index (χ3n) is 6.80. The number of ether oxygens (including phenoxy) is 1. The zero-order valence-corrected chi connectivity index (χ0v) is 18.8. The van der Waals surface area contributed by atoms with Gasteiger partial charge in [-0.05, 0) is 47.9 Å². The molecule has 3 N–H and O–H groups in total. The molecule has 0 aliphatic heterocycles. The Morgan fingerprint density at radius 2 is 1.67 bits per heavy atom. The van der Waals surface area contributed by atoms with Crippen LogP contribution in [-0.4, -0.2) is 41.3 Å². The van der Waals surface area contributed by atoms with Gasteiger partial charge in [0, 0.05) is 18.4 Å². The summed E-state index contributed by atoms with van der Waals surface area (Å²) in [4.78, 5) is 36.2. The number of carbonyl (C=O) groups is 3. The fraction of sp³-hybridized carbons (Fsp3) is 0.423. The lowest BCUT2D eigenvalue weighted by Gasteiger charge is -2.41. The van der Waals surface area contributed by atoms with Crippen molar-refractivity contribution in [1.82, 2.24) is 10.6 Å². The van der Waals surface area contributed by atoms with Crippen LogP contribution < -0.4 is 10.6 Å². The number of aliphatic carboxylic acids is 1. The summed E-state index contributed by atoms with van der Waals surface area (Å²) in [6.07, 6.45) is 2.26. The SMILES string of the molecule is CC[C@@H](CC(=O)NC1(CC(=O)O)CCC1)NC(=O)OCC1c2ccccc2-c2ccccc21. The largest absolute Gasteiger partial charge is 0.481 e. The summed E-state index contributed by atoms with van der Waals surface area (Å²) in [5.74, 6) is -1.19. The number of fused-ring (bicyclic) bond motifs is 3. The number of amides is 2. The summed E-state index contributed by atoms with van der Waals surface area (Å²) in [6, 6.07) is 15.9. The van der Waals surface area contributed by atoms with Gasteiger partial charge in [-0.15, -0.1) is 0 Å². The Hall–Kier alpha value is -3.35. The van der Waals surface area contributed by atoms with Crippen LogP contribution >= 0.6 is 0 Å². The zero-order valence-electron chi connectivity index (χ0n) is 18.8. The lowest BCUT2D eigenvalue weighted by Crippen LogP contribution is -2.55. The van der Waals surface area contributed by atoms with E-state index in [0.29, 0.717) is 19.3 Å². The minimum Gasteiger partial charge on any atom is -0.481 e. The zero-order chi connectivity index (χ0) is 23.4. The van der Waals surface area contributed by atoms with Gasteiger partial charge >= 0.3 is 12.1 Å². The standard InChI is InChI=1S/C26H30N2O5/c1-2-17(14-23(29)28-26(12-7-13-26)15-24(30)31)27-25(32)33-16-22-20-10-5-3-8-18(20)19-9-4-6-11-21(19)22/h3-6,8-11,17,22H,2,7,12-16H2,1H3,(H,27,32)(H,28,29)(H,30,31)/t17-/m0/s1. The number of hydrogen-bond acceptors (Lipinski definition) is 4. The highest BCUT2D eigenvalue weighted by molar-refractivity contribution is 5.80. The van der Waals surface area contributed by atoms with Crippen LogP contribution in [0.1, 0.15) is 62.5 Å². The van der Waals surface area contributed by atoms with Crippen molar-refractivity contribution in [2.75, 3.05) is 6.61 Å². The van der Waals surface area contributed by atoms with Crippen molar-refractivity contribution < 1.29 is 24.2 Å². The van der Waals surface area contributed by atoms with Crippen molar-refractivity contribution in [3.8, 4) is 11.1 Å². The lowest BCUT2D eigenvalue weighted by molar-refractivity contribution is -0.140. The minimum absolute atomic E-state index is 0.0268. The maximum Gasteiger partial charge on any atom is 0.407 e. The van der Waals surface area contributed by atoms with Crippen LogP contribution in [0.25, 0.3) is 11.1 Å². The van der Waals surface area contributed by atoms with Crippen molar-refractivity contribution in [3.05, 3.63) is 59.7 Å². The van der Waals surface area contributed by atoms with Crippen LogP contribution in [0, 0.1) is 0 Å². The van der Waals surface area contributed by atoms with Gasteiger partial charge < -0.3 is 20.5 Å². The minimum atomic E-state index is -0.918. The van der Waals surface area contributed by atoms with Gasteiger partial charge in [-0.2, -0.15) is 0 Å². The molecule has 2 aliphatic carbocycles. The van der Waals surface area contributed by atoms with Crippen molar-refractivity contribution in [2.45, 2.75) is 62.9 Å². The number of carboxylic acids is 1. The number of benzene rings is 2. The molecule has 0 bridgehead atoms. The Bertz CT molecular complexity index is 1000. The molecule has 7 nitrogen and oxygen atoms in total. The van der Waals surface area contributed by atoms with Gasteiger partial charge in [0.1, 0.15) is 6.61 Å². The normalized spacial score (nSPS) is 16.6. The summed E-state index contributed by atoms with van der Waals surface area (Å²) < 4.78 is 5.58. The Kier molecular flexibility index (Phi) is 6.67. The first-order chi connectivity index (χ1) is 15.9. The first kappa shape index (κ1) is 22.8. The third-order valence-corrected chi connectivity index (χ3v) is 6.80. The number of alkyl carbamates (subject to hydrolysis) is 1. The molecule has 0 spiro atoms. The van der Waals surface area contributed by atoms with Crippen molar-refractivity contribution in [2.24, 2.45) is 0 Å². The molecule has 1 atom stereocenters. The summed E-state index contributed by atoms with van der Waals surface area (Å²) in [5, 5.41) is 14.8. The first-order valence-electron chi connectivity index (χ1n) is 11.5. The van der Waals surface area contributed by atoms with Crippen molar-refractivity contribution >= 4 is 18.0 Å². The molecule has 1 saturated carbocycles. The molecule has 2 aromatic rings. The van der Waals surface area contributed by atoms with Crippen molar-refractivity contribution in [1.29, 1.82) is 0 Å². The highest BCUT2D eigenvalue weighted by atomic mass is 16.5. The predicted octanol–water partition coefficient (Wildman–Crippen LogP) is 4.21. The van der Waals surface area contributed by atoms with E-state index in [9.17, 15) is 14.4 Å². The van der Waals surface area contributed by atoms with E-state index < -0.39 is 17.6 Å². The highest BCUT2D eigenvalue weighted by Gasteiger charge is 2.40. The second-order valence-corrected chi connectivity index (χ2v) is 9.03. The van der Waals surface area contributed by atoms with E-state index in [-0.39, 0.29) is 37.3 Å². The summed E-state index contributed by atoms with van der Waals surface area (Å²) >= 11 is 0. The van der Waals surface area contributed by atoms with Gasteiger partial charge in [0.05, 0.1) is 12.0 Å². The average Bonchev–Trinajstić information content (AvgIpc) is 3.09. The van der Waals surface area contributed by atoms with Crippen LogP contribution in [0.2, 0.25) is 0 Å². The number of carbonyl (C=O) groups excluding carboxylic acids is 2. The quantitative estimate of drug-likeness (QED) is 0.531. The number of nitrogens with one attached hydrogen (secondary N) is 2. The lowest BCUT2D eigenvalue weighted by atomic mass is 9.74. The molecule has 0 heterocycles. The van der Waals surface area contributed by atoms with Crippen molar-refractivity contribution in [3.63, 3.8) is 0 Å². The topological polar surface area (TPSA) is 105 Å². The molecule has 33 heavy (non-hydrogen) atoms. The van der Waals surface area contributed by atoms with Gasteiger partial charge in [0.15, 0.2) is 0 Å². The maximum absolute atomic E-state index is 12.5. The molecule has 1 fully saturated rings. The number of hydrogen-bond donors (Lipinski definition) is 3. The predicted molar refractivity (Wildman–Crippen MR) is 124 cm³/mol. The fourth-order valence-corrected chi connectivity index (χ4v) is 4.91. The van der Waals surface area contributed by atoms with Crippen LogP contribution in [0.5, 0.6) is 0 Å². The fourth-order valence-electron chi connectivity index (χ4n) is 4.91. The molecule has 4 rings (SSSR count). The average molecular weight is 451 g/mol. The van der Waals surface area contributed by atoms with E-state index in [4.69, 9.17) is 9.84 Å². The molecule has 0 aromatic heterocycles. The van der Waals surface area contributed by atoms with E-state index in [1.807, 2.05) is 31.2 Å². The molecule has 2 aliphatic rings. The Balaban J connectivity index is 1.32. The monoisotopic (exact) mass is 450 g/mol.